The van der Waals surface area contributed by atoms with E-state index in [0.29, 0.717) is 6.04 Å². The van der Waals surface area contributed by atoms with Gasteiger partial charge in [-0.1, -0.05) is 6.92 Å². The average Bonchev–Trinajstić information content (AvgIpc) is 3.05. The molecule has 2 amide bonds. The van der Waals surface area contributed by atoms with Crippen LogP contribution in [-0.4, -0.2) is 40.1 Å². The highest BCUT2D eigenvalue weighted by Crippen LogP contribution is 2.36. The van der Waals surface area contributed by atoms with Crippen LogP contribution in [-0.2, 0) is 4.79 Å². The van der Waals surface area contributed by atoms with Gasteiger partial charge < -0.3 is 15.3 Å². The standard InChI is InChI=1S/C13H22N2O3/c1-2-8-15(10-4-5-10)12(18)14-13(6-3-7-13)9-11(16)17/h10H,2-9H2,1H3,(H,14,18)(H,16,17). The third kappa shape index (κ3) is 2.94. The van der Waals surface area contributed by atoms with Gasteiger partial charge in [-0.15, -0.1) is 0 Å². The lowest BCUT2D eigenvalue weighted by atomic mass is 9.74. The Bertz CT molecular complexity index is 335. The molecule has 0 aromatic rings. The lowest BCUT2D eigenvalue weighted by molar-refractivity contribution is -0.139. The molecule has 0 aliphatic heterocycles. The van der Waals surface area contributed by atoms with Crippen molar-refractivity contribution < 1.29 is 14.7 Å². The zero-order valence-corrected chi connectivity index (χ0v) is 10.9. The number of carboxylic acid groups (broad SMARTS) is 1. The monoisotopic (exact) mass is 254 g/mol. The first-order valence-corrected chi connectivity index (χ1v) is 6.87. The molecule has 2 aliphatic carbocycles. The smallest absolute Gasteiger partial charge is 0.318 e. The molecule has 18 heavy (non-hydrogen) atoms. The maximum absolute atomic E-state index is 12.2. The molecule has 2 saturated carbocycles. The first-order chi connectivity index (χ1) is 8.56. The normalized spacial score (nSPS) is 20.9. The van der Waals surface area contributed by atoms with Crippen molar-refractivity contribution in [1.82, 2.24) is 10.2 Å². The van der Waals surface area contributed by atoms with Crippen molar-refractivity contribution in [1.29, 1.82) is 0 Å². The minimum absolute atomic E-state index is 0.0450. The van der Waals surface area contributed by atoms with Crippen LogP contribution in [0.1, 0.15) is 51.9 Å². The molecule has 0 aromatic heterocycles. The molecule has 0 heterocycles. The highest BCUT2D eigenvalue weighted by molar-refractivity contribution is 5.77. The number of hydrogen-bond acceptors (Lipinski definition) is 2. The number of aliphatic carboxylic acids is 1. The average molecular weight is 254 g/mol. The number of amides is 2. The second-order valence-electron chi connectivity index (χ2n) is 5.56. The van der Waals surface area contributed by atoms with Crippen molar-refractivity contribution in [3.8, 4) is 0 Å². The van der Waals surface area contributed by atoms with E-state index < -0.39 is 11.5 Å². The summed E-state index contributed by atoms with van der Waals surface area (Å²) in [5.74, 6) is -0.830. The fourth-order valence-corrected chi connectivity index (χ4v) is 2.61. The molecule has 5 nitrogen and oxygen atoms in total. The molecular formula is C13H22N2O3. The molecule has 2 N–H and O–H groups in total. The Kier molecular flexibility index (Phi) is 3.78. The van der Waals surface area contributed by atoms with E-state index in [1.165, 1.54) is 0 Å². The largest absolute Gasteiger partial charge is 0.481 e. The van der Waals surface area contributed by atoms with E-state index in [-0.39, 0.29) is 12.5 Å². The van der Waals surface area contributed by atoms with Gasteiger partial charge in [0, 0.05) is 12.6 Å². The quantitative estimate of drug-likeness (QED) is 0.761. The number of nitrogens with zero attached hydrogens (tertiary/aromatic N) is 1. The van der Waals surface area contributed by atoms with Crippen molar-refractivity contribution in [2.75, 3.05) is 6.54 Å². The van der Waals surface area contributed by atoms with Crippen molar-refractivity contribution >= 4 is 12.0 Å². The van der Waals surface area contributed by atoms with Gasteiger partial charge in [0.05, 0.1) is 12.0 Å². The highest BCUT2D eigenvalue weighted by Gasteiger charge is 2.42. The van der Waals surface area contributed by atoms with Gasteiger partial charge in [-0.3, -0.25) is 4.79 Å². The van der Waals surface area contributed by atoms with Crippen LogP contribution in [0.3, 0.4) is 0 Å². The summed E-state index contributed by atoms with van der Waals surface area (Å²) >= 11 is 0. The predicted molar refractivity (Wildman–Crippen MR) is 67.4 cm³/mol. The summed E-state index contributed by atoms with van der Waals surface area (Å²) in [5, 5.41) is 11.9. The lowest BCUT2D eigenvalue weighted by Gasteiger charge is -2.42. The van der Waals surface area contributed by atoms with E-state index in [1.54, 1.807) is 0 Å². The summed E-state index contributed by atoms with van der Waals surface area (Å²) in [6.45, 7) is 2.82. The van der Waals surface area contributed by atoms with Crippen LogP contribution in [0.4, 0.5) is 4.79 Å². The number of carbonyl (C=O) groups is 2. The Balaban J connectivity index is 1.93. The molecule has 5 heteroatoms. The summed E-state index contributed by atoms with van der Waals surface area (Å²) in [5.41, 5.74) is -0.482. The van der Waals surface area contributed by atoms with E-state index in [4.69, 9.17) is 5.11 Å². The van der Waals surface area contributed by atoms with E-state index >= 15 is 0 Å². The van der Waals surface area contributed by atoms with Crippen molar-refractivity contribution in [2.45, 2.75) is 63.5 Å². The fraction of sp³-hybridized carbons (Fsp3) is 0.846. The topological polar surface area (TPSA) is 69.6 Å². The number of urea groups is 1. The van der Waals surface area contributed by atoms with Gasteiger partial charge in [0.2, 0.25) is 0 Å². The van der Waals surface area contributed by atoms with Gasteiger partial charge in [0.1, 0.15) is 0 Å². The Morgan fingerprint density at radius 3 is 2.44 bits per heavy atom. The molecule has 102 valence electrons. The van der Waals surface area contributed by atoms with Gasteiger partial charge in [-0.25, -0.2) is 4.79 Å². The Morgan fingerprint density at radius 1 is 1.39 bits per heavy atom. The van der Waals surface area contributed by atoms with E-state index in [1.807, 2.05) is 4.90 Å². The molecule has 0 spiro atoms. The maximum atomic E-state index is 12.2. The fourth-order valence-electron chi connectivity index (χ4n) is 2.61. The van der Waals surface area contributed by atoms with Gasteiger partial charge in [-0.2, -0.15) is 0 Å². The van der Waals surface area contributed by atoms with Crippen LogP contribution in [0.25, 0.3) is 0 Å². The first kappa shape index (κ1) is 13.2. The summed E-state index contributed by atoms with van der Waals surface area (Å²) in [6, 6.07) is 0.312. The number of carbonyl (C=O) groups excluding carboxylic acids is 1. The van der Waals surface area contributed by atoms with Crippen LogP contribution < -0.4 is 5.32 Å². The van der Waals surface area contributed by atoms with Crippen molar-refractivity contribution in [3.05, 3.63) is 0 Å². The SMILES string of the molecule is CCCN(C(=O)NC1(CC(=O)O)CCC1)C1CC1. The van der Waals surface area contributed by atoms with E-state index in [9.17, 15) is 9.59 Å². The Labute approximate surface area is 108 Å². The number of hydrogen-bond donors (Lipinski definition) is 2. The van der Waals surface area contributed by atoms with Crippen LogP contribution in [0.2, 0.25) is 0 Å². The first-order valence-electron chi connectivity index (χ1n) is 6.87. The molecule has 2 rings (SSSR count). The predicted octanol–water partition coefficient (Wildman–Crippen LogP) is 1.97. The van der Waals surface area contributed by atoms with Crippen LogP contribution >= 0.6 is 0 Å². The van der Waals surface area contributed by atoms with Crippen molar-refractivity contribution in [3.63, 3.8) is 0 Å². The van der Waals surface area contributed by atoms with E-state index in [0.717, 1.165) is 45.1 Å². The molecule has 2 fully saturated rings. The molecular weight excluding hydrogens is 232 g/mol. The molecule has 2 aliphatic rings. The minimum atomic E-state index is -0.830. The minimum Gasteiger partial charge on any atom is -0.481 e. The molecule has 0 saturated heterocycles. The van der Waals surface area contributed by atoms with Crippen molar-refractivity contribution in [2.24, 2.45) is 0 Å². The Morgan fingerprint density at radius 2 is 2.06 bits per heavy atom. The second kappa shape index (κ2) is 5.16. The maximum Gasteiger partial charge on any atom is 0.318 e. The molecule has 0 atom stereocenters. The van der Waals surface area contributed by atoms with Gasteiger partial charge >= 0.3 is 12.0 Å². The van der Waals surface area contributed by atoms with Gasteiger partial charge in [-0.05, 0) is 38.5 Å². The number of nitrogens with one attached hydrogen (secondary N) is 1. The zero-order valence-electron chi connectivity index (χ0n) is 10.9. The second-order valence-corrected chi connectivity index (χ2v) is 5.56. The molecule has 0 aromatic carbocycles. The van der Waals surface area contributed by atoms with Gasteiger partial charge in [0.25, 0.3) is 0 Å². The third-order valence-electron chi connectivity index (χ3n) is 3.89. The third-order valence-corrected chi connectivity index (χ3v) is 3.89. The summed E-state index contributed by atoms with van der Waals surface area (Å²) in [7, 11) is 0. The molecule has 0 unspecified atom stereocenters. The van der Waals surface area contributed by atoms with Gasteiger partial charge in [0.15, 0.2) is 0 Å². The number of carboxylic acids is 1. The summed E-state index contributed by atoms with van der Waals surface area (Å²) in [4.78, 5) is 25.0. The van der Waals surface area contributed by atoms with Crippen LogP contribution in [0.15, 0.2) is 0 Å². The zero-order chi connectivity index (χ0) is 13.2. The summed E-state index contributed by atoms with van der Waals surface area (Å²) < 4.78 is 0. The Hall–Kier alpha value is -1.26. The van der Waals surface area contributed by atoms with Crippen LogP contribution in [0, 0.1) is 0 Å². The lowest BCUT2D eigenvalue weighted by Crippen LogP contribution is -2.58. The highest BCUT2D eigenvalue weighted by atomic mass is 16.4. The van der Waals surface area contributed by atoms with E-state index in [2.05, 4.69) is 12.2 Å². The molecule has 0 bridgehead atoms. The number of rotatable bonds is 6. The molecule has 0 radical (unpaired) electrons. The summed E-state index contributed by atoms with van der Waals surface area (Å²) in [6.07, 6.45) is 5.73. The van der Waals surface area contributed by atoms with Crippen LogP contribution in [0.5, 0.6) is 0 Å².